The minimum atomic E-state index is -4.68. The van der Waals surface area contributed by atoms with Crippen LogP contribution in [0.5, 0.6) is 0 Å². The molecule has 0 amide bonds. The van der Waals surface area contributed by atoms with E-state index in [4.69, 9.17) is 5.11 Å². The zero-order valence-electron chi connectivity index (χ0n) is 9.95. The van der Waals surface area contributed by atoms with E-state index in [1.54, 1.807) is 0 Å². The number of nitrogens with zero attached hydrogens (tertiary/aromatic N) is 1. The fourth-order valence-corrected chi connectivity index (χ4v) is 1.69. The summed E-state index contributed by atoms with van der Waals surface area (Å²) < 4.78 is 56.1. The van der Waals surface area contributed by atoms with Crippen LogP contribution in [0, 0.1) is 12.7 Å². The number of halogens is 4. The summed E-state index contributed by atoms with van der Waals surface area (Å²) >= 11 is 0. The van der Waals surface area contributed by atoms with Crippen molar-refractivity contribution in [2.45, 2.75) is 13.1 Å². The SMILES string of the molecule is Cc1onc(-c2cc(C(F)(F)F)ccc2F)c1C(=O)O. The predicted octanol–water partition coefficient (Wildman–Crippen LogP) is 3.51. The first-order valence-electron chi connectivity index (χ1n) is 5.28. The van der Waals surface area contributed by atoms with Gasteiger partial charge >= 0.3 is 12.1 Å². The highest BCUT2D eigenvalue weighted by Crippen LogP contribution is 2.34. The van der Waals surface area contributed by atoms with Gasteiger partial charge < -0.3 is 9.63 Å². The van der Waals surface area contributed by atoms with Gasteiger partial charge in [-0.1, -0.05) is 5.16 Å². The summed E-state index contributed by atoms with van der Waals surface area (Å²) in [6.07, 6.45) is -4.68. The maximum atomic E-state index is 13.7. The van der Waals surface area contributed by atoms with Crippen LogP contribution >= 0.6 is 0 Å². The molecule has 1 N–H and O–H groups in total. The number of hydrogen-bond donors (Lipinski definition) is 1. The van der Waals surface area contributed by atoms with E-state index in [-0.39, 0.29) is 5.76 Å². The second-order valence-corrected chi connectivity index (χ2v) is 3.96. The van der Waals surface area contributed by atoms with Crippen molar-refractivity contribution in [1.82, 2.24) is 5.16 Å². The van der Waals surface area contributed by atoms with Crippen molar-refractivity contribution in [3.8, 4) is 11.3 Å². The molecule has 0 bridgehead atoms. The Hall–Kier alpha value is -2.38. The van der Waals surface area contributed by atoms with Gasteiger partial charge in [-0.05, 0) is 25.1 Å². The quantitative estimate of drug-likeness (QED) is 0.859. The highest BCUT2D eigenvalue weighted by Gasteiger charge is 2.32. The molecule has 2 rings (SSSR count). The number of hydrogen-bond acceptors (Lipinski definition) is 3. The summed E-state index contributed by atoms with van der Waals surface area (Å²) in [5.41, 5.74) is -2.62. The first-order chi connectivity index (χ1) is 9.21. The van der Waals surface area contributed by atoms with Crippen LogP contribution in [-0.4, -0.2) is 16.2 Å². The average Bonchev–Trinajstić information content (AvgIpc) is 2.70. The molecule has 0 fully saturated rings. The third-order valence-corrected chi connectivity index (χ3v) is 2.63. The molecule has 0 saturated heterocycles. The molecular weight excluding hydrogens is 282 g/mol. The molecule has 0 saturated carbocycles. The van der Waals surface area contributed by atoms with Gasteiger partial charge in [-0.15, -0.1) is 0 Å². The molecule has 1 aromatic heterocycles. The number of rotatable bonds is 2. The fraction of sp³-hybridized carbons (Fsp3) is 0.167. The third kappa shape index (κ3) is 2.36. The number of carboxylic acid groups (broad SMARTS) is 1. The van der Waals surface area contributed by atoms with Crippen molar-refractivity contribution < 1.29 is 32.0 Å². The van der Waals surface area contributed by atoms with E-state index in [0.29, 0.717) is 18.2 Å². The van der Waals surface area contributed by atoms with Crippen LogP contribution in [0.2, 0.25) is 0 Å². The molecular formula is C12H7F4NO3. The van der Waals surface area contributed by atoms with Gasteiger partial charge in [0.2, 0.25) is 0 Å². The van der Waals surface area contributed by atoms with Gasteiger partial charge in [0.1, 0.15) is 22.8 Å². The van der Waals surface area contributed by atoms with Crippen molar-refractivity contribution in [2.24, 2.45) is 0 Å². The van der Waals surface area contributed by atoms with E-state index in [1.165, 1.54) is 6.92 Å². The van der Waals surface area contributed by atoms with Gasteiger partial charge in [-0.2, -0.15) is 13.2 Å². The molecule has 4 nitrogen and oxygen atoms in total. The van der Waals surface area contributed by atoms with Crippen molar-refractivity contribution in [2.75, 3.05) is 0 Å². The zero-order chi connectivity index (χ0) is 15.1. The number of benzene rings is 1. The predicted molar refractivity (Wildman–Crippen MR) is 58.6 cm³/mol. The summed E-state index contributed by atoms with van der Waals surface area (Å²) in [6.45, 7) is 1.27. The van der Waals surface area contributed by atoms with Crippen LogP contribution in [0.1, 0.15) is 21.7 Å². The molecule has 0 atom stereocenters. The maximum absolute atomic E-state index is 13.7. The number of alkyl halides is 3. The van der Waals surface area contributed by atoms with E-state index in [2.05, 4.69) is 9.68 Å². The second kappa shape index (κ2) is 4.62. The van der Waals surface area contributed by atoms with Crippen LogP contribution in [-0.2, 0) is 6.18 Å². The molecule has 0 aliphatic carbocycles. The standard InChI is InChI=1S/C12H7F4NO3/c1-5-9(11(18)19)10(17-20-5)7-4-6(12(14,15)16)2-3-8(7)13/h2-4H,1H3,(H,18,19). The molecule has 2 aromatic rings. The lowest BCUT2D eigenvalue weighted by Gasteiger charge is -2.08. The van der Waals surface area contributed by atoms with Crippen LogP contribution < -0.4 is 0 Å². The monoisotopic (exact) mass is 289 g/mol. The second-order valence-electron chi connectivity index (χ2n) is 3.96. The lowest BCUT2D eigenvalue weighted by Crippen LogP contribution is -2.06. The summed E-state index contributed by atoms with van der Waals surface area (Å²) in [5, 5.41) is 12.3. The van der Waals surface area contributed by atoms with E-state index in [9.17, 15) is 22.4 Å². The normalized spacial score (nSPS) is 11.7. The van der Waals surface area contributed by atoms with Crippen LogP contribution in [0.4, 0.5) is 17.6 Å². The number of carboxylic acids is 1. The Bertz CT molecular complexity index is 676. The lowest BCUT2D eigenvalue weighted by molar-refractivity contribution is -0.137. The van der Waals surface area contributed by atoms with Crippen molar-refractivity contribution in [3.05, 3.63) is 40.9 Å². The molecule has 1 aromatic carbocycles. The smallest absolute Gasteiger partial charge is 0.416 e. The Kier molecular flexibility index (Phi) is 3.24. The Labute approximate surface area is 109 Å². The summed E-state index contributed by atoms with van der Waals surface area (Å²) in [4.78, 5) is 11.0. The van der Waals surface area contributed by atoms with Gasteiger partial charge in [0, 0.05) is 5.56 Å². The largest absolute Gasteiger partial charge is 0.477 e. The molecule has 0 unspecified atom stereocenters. The fourth-order valence-electron chi connectivity index (χ4n) is 1.69. The number of aromatic nitrogens is 1. The summed E-state index contributed by atoms with van der Waals surface area (Å²) in [5.74, 6) is -2.60. The molecule has 0 radical (unpaired) electrons. The number of aromatic carboxylic acids is 1. The minimum absolute atomic E-state index is 0.121. The Morgan fingerprint density at radius 1 is 1.35 bits per heavy atom. The van der Waals surface area contributed by atoms with Gasteiger partial charge in [-0.25, -0.2) is 9.18 Å². The number of carbonyl (C=O) groups is 1. The molecule has 0 aliphatic heterocycles. The maximum Gasteiger partial charge on any atom is 0.416 e. The third-order valence-electron chi connectivity index (χ3n) is 2.63. The Balaban J connectivity index is 2.67. The number of aryl methyl sites for hydroxylation is 1. The summed E-state index contributed by atoms with van der Waals surface area (Å²) in [6, 6.07) is 1.67. The van der Waals surface area contributed by atoms with Crippen molar-refractivity contribution in [1.29, 1.82) is 0 Å². The van der Waals surface area contributed by atoms with E-state index < -0.39 is 40.3 Å². The molecule has 106 valence electrons. The van der Waals surface area contributed by atoms with Crippen molar-refractivity contribution >= 4 is 5.97 Å². The van der Waals surface area contributed by atoms with E-state index in [0.717, 1.165) is 0 Å². The van der Waals surface area contributed by atoms with Gasteiger partial charge in [0.05, 0.1) is 5.56 Å². The highest BCUT2D eigenvalue weighted by molar-refractivity contribution is 5.95. The minimum Gasteiger partial charge on any atom is -0.477 e. The topological polar surface area (TPSA) is 63.3 Å². The molecule has 1 heterocycles. The first kappa shape index (κ1) is 14.0. The molecule has 8 heteroatoms. The van der Waals surface area contributed by atoms with Gasteiger partial charge in [0.15, 0.2) is 0 Å². The summed E-state index contributed by atoms with van der Waals surface area (Å²) in [7, 11) is 0. The van der Waals surface area contributed by atoms with Gasteiger partial charge in [-0.3, -0.25) is 0 Å². The molecule has 20 heavy (non-hydrogen) atoms. The Morgan fingerprint density at radius 2 is 2.00 bits per heavy atom. The first-order valence-corrected chi connectivity index (χ1v) is 5.28. The Morgan fingerprint density at radius 3 is 2.55 bits per heavy atom. The zero-order valence-corrected chi connectivity index (χ0v) is 9.95. The van der Waals surface area contributed by atoms with E-state index >= 15 is 0 Å². The van der Waals surface area contributed by atoms with Crippen molar-refractivity contribution in [3.63, 3.8) is 0 Å². The lowest BCUT2D eigenvalue weighted by atomic mass is 10.0. The van der Waals surface area contributed by atoms with E-state index in [1.807, 2.05) is 0 Å². The average molecular weight is 289 g/mol. The van der Waals surface area contributed by atoms with Crippen LogP contribution in [0.3, 0.4) is 0 Å². The van der Waals surface area contributed by atoms with Crippen LogP contribution in [0.15, 0.2) is 22.7 Å². The highest BCUT2D eigenvalue weighted by atomic mass is 19.4. The molecule has 0 spiro atoms. The molecule has 0 aliphatic rings. The van der Waals surface area contributed by atoms with Gasteiger partial charge in [0.25, 0.3) is 0 Å². The van der Waals surface area contributed by atoms with Crippen LogP contribution in [0.25, 0.3) is 11.3 Å².